The van der Waals surface area contributed by atoms with Crippen molar-refractivity contribution >= 4 is 34.5 Å². The van der Waals surface area contributed by atoms with Gasteiger partial charge in [0.2, 0.25) is 12.7 Å². The van der Waals surface area contributed by atoms with Crippen LogP contribution in [0.4, 0.5) is 0 Å². The second kappa shape index (κ2) is 6.53. The number of fused-ring (bicyclic) bond motifs is 2. The molecule has 0 radical (unpaired) electrons. The van der Waals surface area contributed by atoms with Gasteiger partial charge in [-0.25, -0.2) is 0 Å². The lowest BCUT2D eigenvalue weighted by molar-refractivity contribution is -0.116. The van der Waals surface area contributed by atoms with Crippen LogP contribution in [0.5, 0.6) is 11.5 Å². The van der Waals surface area contributed by atoms with Crippen molar-refractivity contribution in [1.82, 2.24) is 10.3 Å². The van der Waals surface area contributed by atoms with Crippen molar-refractivity contribution in [2.24, 2.45) is 0 Å². The third-order valence-electron chi connectivity index (χ3n) is 3.92. The summed E-state index contributed by atoms with van der Waals surface area (Å²) in [6.07, 6.45) is 3.16. The summed E-state index contributed by atoms with van der Waals surface area (Å²) in [6.45, 7) is 0.590. The van der Waals surface area contributed by atoms with E-state index in [2.05, 4.69) is 10.3 Å². The molecule has 2 N–H and O–H groups in total. The van der Waals surface area contributed by atoms with Crippen LogP contribution < -0.4 is 14.8 Å². The molecule has 1 amide bonds. The average molecular weight is 355 g/mol. The Balaban J connectivity index is 1.40. The normalized spacial score (nSPS) is 12.8. The van der Waals surface area contributed by atoms with Crippen LogP contribution in [0.3, 0.4) is 0 Å². The van der Waals surface area contributed by atoms with E-state index >= 15 is 0 Å². The van der Waals surface area contributed by atoms with E-state index < -0.39 is 0 Å². The van der Waals surface area contributed by atoms with Crippen molar-refractivity contribution in [2.75, 3.05) is 6.79 Å². The number of aromatic amines is 1. The third-order valence-corrected chi connectivity index (χ3v) is 4.20. The maximum Gasteiger partial charge on any atom is 0.244 e. The van der Waals surface area contributed by atoms with Gasteiger partial charge in [-0.1, -0.05) is 29.8 Å². The van der Waals surface area contributed by atoms with Crippen LogP contribution in [-0.4, -0.2) is 17.7 Å². The number of benzene rings is 2. The Morgan fingerprint density at radius 1 is 1.24 bits per heavy atom. The number of amides is 1. The second-order valence-corrected chi connectivity index (χ2v) is 6.08. The Morgan fingerprint density at radius 3 is 3.00 bits per heavy atom. The monoisotopic (exact) mass is 354 g/mol. The van der Waals surface area contributed by atoms with Crippen LogP contribution in [0.1, 0.15) is 11.3 Å². The minimum atomic E-state index is -0.188. The molecule has 0 aliphatic carbocycles. The number of H-pyrrole nitrogens is 1. The molecule has 1 aliphatic rings. The molecule has 0 atom stereocenters. The van der Waals surface area contributed by atoms with Gasteiger partial charge in [-0.2, -0.15) is 0 Å². The molecular formula is C19H15ClN2O3. The van der Waals surface area contributed by atoms with E-state index in [9.17, 15) is 4.79 Å². The third kappa shape index (κ3) is 3.32. The highest BCUT2D eigenvalue weighted by molar-refractivity contribution is 6.32. The largest absolute Gasteiger partial charge is 0.454 e. The number of para-hydroxylation sites is 1. The zero-order valence-corrected chi connectivity index (χ0v) is 14.0. The lowest BCUT2D eigenvalue weighted by Gasteiger charge is -2.02. The van der Waals surface area contributed by atoms with Crippen molar-refractivity contribution in [3.8, 4) is 11.5 Å². The first-order chi connectivity index (χ1) is 12.2. The van der Waals surface area contributed by atoms with E-state index in [1.807, 2.05) is 30.3 Å². The van der Waals surface area contributed by atoms with Crippen molar-refractivity contribution in [1.29, 1.82) is 0 Å². The number of halogens is 1. The number of hydrogen-bond acceptors (Lipinski definition) is 3. The molecule has 2 aromatic carbocycles. The van der Waals surface area contributed by atoms with Crippen LogP contribution in [-0.2, 0) is 11.3 Å². The minimum Gasteiger partial charge on any atom is -0.454 e. The molecule has 0 saturated heterocycles. The Kier molecular flexibility index (Phi) is 4.07. The fraction of sp³-hybridized carbons (Fsp3) is 0.105. The lowest BCUT2D eigenvalue weighted by atomic mass is 10.2. The fourth-order valence-electron chi connectivity index (χ4n) is 2.73. The van der Waals surface area contributed by atoms with Gasteiger partial charge in [0.25, 0.3) is 0 Å². The van der Waals surface area contributed by atoms with Gasteiger partial charge in [0, 0.05) is 17.3 Å². The number of carbonyl (C=O) groups is 1. The second-order valence-electron chi connectivity index (χ2n) is 5.67. The molecule has 25 heavy (non-hydrogen) atoms. The van der Waals surface area contributed by atoms with Gasteiger partial charge in [-0.3, -0.25) is 4.79 Å². The van der Waals surface area contributed by atoms with Crippen LogP contribution in [0.15, 0.2) is 48.5 Å². The molecule has 2 heterocycles. The molecule has 3 aromatic rings. The van der Waals surface area contributed by atoms with Crippen molar-refractivity contribution in [3.63, 3.8) is 0 Å². The topological polar surface area (TPSA) is 63.4 Å². The summed E-state index contributed by atoms with van der Waals surface area (Å²) in [7, 11) is 0. The molecule has 0 spiro atoms. The zero-order valence-electron chi connectivity index (χ0n) is 13.2. The number of carbonyl (C=O) groups excluding carboxylic acids is 1. The molecule has 1 aliphatic heterocycles. The van der Waals surface area contributed by atoms with Gasteiger partial charge in [0.15, 0.2) is 11.5 Å². The highest BCUT2D eigenvalue weighted by Gasteiger charge is 2.17. The number of aromatic nitrogens is 1. The minimum absolute atomic E-state index is 0.160. The predicted molar refractivity (Wildman–Crippen MR) is 96.8 cm³/mol. The van der Waals surface area contributed by atoms with Gasteiger partial charge in [-0.15, -0.1) is 0 Å². The summed E-state index contributed by atoms with van der Waals surface area (Å²) in [5.41, 5.74) is 2.78. The van der Waals surface area contributed by atoms with E-state index in [4.69, 9.17) is 21.1 Å². The van der Waals surface area contributed by atoms with Gasteiger partial charge >= 0.3 is 0 Å². The van der Waals surface area contributed by atoms with Crippen molar-refractivity contribution in [3.05, 3.63) is 64.8 Å². The summed E-state index contributed by atoms with van der Waals surface area (Å²) < 4.78 is 10.6. The number of ether oxygens (including phenoxy) is 2. The maximum atomic E-state index is 12.0. The molecule has 1 aromatic heterocycles. The highest BCUT2D eigenvalue weighted by atomic mass is 35.5. The molecule has 0 fully saturated rings. The smallest absolute Gasteiger partial charge is 0.244 e. The first-order valence-corrected chi connectivity index (χ1v) is 8.18. The molecule has 6 heteroatoms. The quantitative estimate of drug-likeness (QED) is 0.699. The summed E-state index contributed by atoms with van der Waals surface area (Å²) in [4.78, 5) is 15.3. The summed E-state index contributed by atoms with van der Waals surface area (Å²) in [6, 6.07) is 13.5. The predicted octanol–water partition coefficient (Wildman–Crippen LogP) is 3.88. The standard InChI is InChI=1S/C19H15ClN2O3/c20-15-7-12(8-17-19(15)25-11-24-17)5-6-18(23)21-10-14-9-13-3-1-2-4-16(13)22-14/h1-9,22H,10-11H2,(H,21,23). The van der Waals surface area contributed by atoms with Crippen LogP contribution in [0.2, 0.25) is 5.02 Å². The van der Waals surface area contributed by atoms with Gasteiger partial charge in [0.1, 0.15) is 0 Å². The number of hydrogen-bond donors (Lipinski definition) is 2. The summed E-state index contributed by atoms with van der Waals surface area (Å²) in [5, 5.41) is 4.44. The maximum absolute atomic E-state index is 12.0. The average Bonchev–Trinajstić information content (AvgIpc) is 3.24. The lowest BCUT2D eigenvalue weighted by Crippen LogP contribution is -2.20. The Morgan fingerprint density at radius 2 is 2.12 bits per heavy atom. The van der Waals surface area contributed by atoms with E-state index in [0.29, 0.717) is 23.1 Å². The van der Waals surface area contributed by atoms with Gasteiger partial charge < -0.3 is 19.8 Å². The van der Waals surface area contributed by atoms with E-state index in [-0.39, 0.29) is 12.7 Å². The molecule has 5 nitrogen and oxygen atoms in total. The van der Waals surface area contributed by atoms with E-state index in [1.54, 1.807) is 18.2 Å². The first kappa shape index (κ1) is 15.6. The Hall–Kier alpha value is -2.92. The molecule has 0 unspecified atom stereocenters. The Labute approximate surface area is 149 Å². The number of rotatable bonds is 4. The van der Waals surface area contributed by atoms with Gasteiger partial charge in [-0.05, 0) is 41.3 Å². The summed E-state index contributed by atoms with van der Waals surface area (Å²) in [5.74, 6) is 0.945. The SMILES string of the molecule is O=C(C=Cc1cc(Cl)c2c(c1)OCO2)NCc1cc2ccccc2[nH]1. The zero-order chi connectivity index (χ0) is 17.2. The Bertz CT molecular complexity index is 945. The van der Waals surface area contributed by atoms with Crippen LogP contribution >= 0.6 is 11.6 Å². The molecule has 0 saturated carbocycles. The number of nitrogens with one attached hydrogen (secondary N) is 2. The first-order valence-electron chi connectivity index (χ1n) is 7.81. The van der Waals surface area contributed by atoms with Crippen LogP contribution in [0, 0.1) is 0 Å². The fourth-order valence-corrected chi connectivity index (χ4v) is 3.00. The molecule has 0 bridgehead atoms. The molecule has 4 rings (SSSR count). The highest BCUT2D eigenvalue weighted by Crippen LogP contribution is 2.40. The van der Waals surface area contributed by atoms with Crippen molar-refractivity contribution < 1.29 is 14.3 Å². The van der Waals surface area contributed by atoms with Gasteiger partial charge in [0.05, 0.1) is 11.6 Å². The van der Waals surface area contributed by atoms with E-state index in [1.165, 1.54) is 6.08 Å². The summed E-state index contributed by atoms with van der Waals surface area (Å²) >= 11 is 6.13. The molecular weight excluding hydrogens is 340 g/mol. The van der Waals surface area contributed by atoms with Crippen molar-refractivity contribution in [2.45, 2.75) is 6.54 Å². The van der Waals surface area contributed by atoms with E-state index in [0.717, 1.165) is 22.2 Å². The molecule has 126 valence electrons. The van der Waals surface area contributed by atoms with Crippen LogP contribution in [0.25, 0.3) is 17.0 Å².